The van der Waals surface area contributed by atoms with E-state index in [1.807, 2.05) is 0 Å². The number of nitrogens with zero attached hydrogens (tertiary/aromatic N) is 3. The molecule has 0 saturated carbocycles. The predicted molar refractivity (Wildman–Crippen MR) is 54.7 cm³/mol. The Morgan fingerprint density at radius 2 is 2.07 bits per heavy atom. The molecule has 78 valence electrons. The topological polar surface area (TPSA) is 64.7 Å². The van der Waals surface area contributed by atoms with Crippen molar-refractivity contribution in [1.82, 2.24) is 15.2 Å². The summed E-state index contributed by atoms with van der Waals surface area (Å²) in [7, 11) is 0. The normalized spacial score (nSPS) is 10.8. The van der Waals surface area contributed by atoms with Crippen molar-refractivity contribution in [2.75, 3.05) is 6.54 Å². The molecule has 1 aromatic heterocycles. The van der Waals surface area contributed by atoms with Gasteiger partial charge in [0.2, 0.25) is 0 Å². The quantitative estimate of drug-likeness (QED) is 0.815. The lowest BCUT2D eigenvalue weighted by Gasteiger charge is -1.99. The Morgan fingerprint density at radius 1 is 1.20 bits per heavy atom. The van der Waals surface area contributed by atoms with Crippen molar-refractivity contribution in [3.8, 4) is 0 Å². The van der Waals surface area contributed by atoms with E-state index in [1.165, 1.54) is 12.1 Å². The number of nitrogens with two attached hydrogens (primary N) is 1. The number of hydrogen-bond donors (Lipinski definition) is 1. The SMILES string of the molecule is NCCCc1nnc2ccc(F)cc2n1. The molecule has 0 aliphatic heterocycles. The Morgan fingerprint density at radius 3 is 2.87 bits per heavy atom. The summed E-state index contributed by atoms with van der Waals surface area (Å²) in [6.07, 6.45) is 1.48. The summed E-state index contributed by atoms with van der Waals surface area (Å²) in [6, 6.07) is 4.27. The minimum absolute atomic E-state index is 0.312. The number of benzene rings is 1. The van der Waals surface area contributed by atoms with Crippen LogP contribution < -0.4 is 5.73 Å². The van der Waals surface area contributed by atoms with Crippen LogP contribution in [0.1, 0.15) is 12.2 Å². The van der Waals surface area contributed by atoms with Crippen molar-refractivity contribution >= 4 is 11.0 Å². The van der Waals surface area contributed by atoms with Gasteiger partial charge in [0.05, 0.1) is 5.52 Å². The summed E-state index contributed by atoms with van der Waals surface area (Å²) < 4.78 is 12.9. The van der Waals surface area contributed by atoms with E-state index in [1.54, 1.807) is 6.07 Å². The fourth-order valence-corrected chi connectivity index (χ4v) is 1.31. The summed E-state index contributed by atoms with van der Waals surface area (Å²) in [4.78, 5) is 4.20. The highest BCUT2D eigenvalue weighted by Gasteiger charge is 2.02. The first kappa shape index (κ1) is 9.92. The number of hydrogen-bond acceptors (Lipinski definition) is 4. The lowest BCUT2D eigenvalue weighted by Crippen LogP contribution is -2.04. The molecule has 2 aromatic rings. The second-order valence-electron chi connectivity index (χ2n) is 3.25. The molecular weight excluding hydrogens is 195 g/mol. The van der Waals surface area contributed by atoms with Gasteiger partial charge in [-0.2, -0.15) is 0 Å². The minimum Gasteiger partial charge on any atom is -0.330 e. The smallest absolute Gasteiger partial charge is 0.151 e. The van der Waals surface area contributed by atoms with Gasteiger partial charge in [-0.1, -0.05) is 0 Å². The van der Waals surface area contributed by atoms with Crippen molar-refractivity contribution in [2.45, 2.75) is 12.8 Å². The average Bonchev–Trinajstić information content (AvgIpc) is 2.25. The molecule has 0 aliphatic rings. The highest BCUT2D eigenvalue weighted by atomic mass is 19.1. The molecule has 1 heterocycles. The van der Waals surface area contributed by atoms with Crippen LogP contribution in [-0.2, 0) is 6.42 Å². The fourth-order valence-electron chi connectivity index (χ4n) is 1.31. The van der Waals surface area contributed by atoms with Gasteiger partial charge >= 0.3 is 0 Å². The Bertz CT molecular complexity index is 472. The van der Waals surface area contributed by atoms with Crippen LogP contribution in [0.25, 0.3) is 11.0 Å². The zero-order chi connectivity index (χ0) is 10.7. The first-order valence-electron chi connectivity index (χ1n) is 4.78. The van der Waals surface area contributed by atoms with Crippen LogP contribution in [0.4, 0.5) is 4.39 Å². The first-order chi connectivity index (χ1) is 7.29. The van der Waals surface area contributed by atoms with E-state index >= 15 is 0 Å². The highest BCUT2D eigenvalue weighted by Crippen LogP contribution is 2.10. The molecule has 0 bridgehead atoms. The molecule has 0 fully saturated rings. The molecule has 5 heteroatoms. The van der Waals surface area contributed by atoms with Gasteiger partial charge in [-0.25, -0.2) is 9.37 Å². The maximum absolute atomic E-state index is 12.9. The lowest BCUT2D eigenvalue weighted by molar-refractivity contribution is 0.628. The van der Waals surface area contributed by atoms with Crippen LogP contribution in [0, 0.1) is 5.82 Å². The molecular formula is C10H11FN4. The van der Waals surface area contributed by atoms with Gasteiger partial charge in [0, 0.05) is 12.5 Å². The Hall–Kier alpha value is -1.62. The number of aromatic nitrogens is 3. The summed E-state index contributed by atoms with van der Waals surface area (Å²) >= 11 is 0. The second-order valence-corrected chi connectivity index (χ2v) is 3.25. The fraction of sp³-hybridized carbons (Fsp3) is 0.300. The lowest BCUT2D eigenvalue weighted by atomic mass is 10.2. The molecule has 0 spiro atoms. The molecule has 0 saturated heterocycles. The van der Waals surface area contributed by atoms with Crippen molar-refractivity contribution in [2.24, 2.45) is 5.73 Å². The summed E-state index contributed by atoms with van der Waals surface area (Å²) in [5, 5.41) is 7.89. The van der Waals surface area contributed by atoms with Gasteiger partial charge in [-0.15, -0.1) is 10.2 Å². The molecule has 2 N–H and O–H groups in total. The number of aryl methyl sites for hydroxylation is 1. The third-order valence-electron chi connectivity index (χ3n) is 2.06. The summed E-state index contributed by atoms with van der Waals surface area (Å²) in [6.45, 7) is 0.588. The zero-order valence-electron chi connectivity index (χ0n) is 8.15. The van der Waals surface area contributed by atoms with Gasteiger partial charge in [0.15, 0.2) is 5.82 Å². The zero-order valence-corrected chi connectivity index (χ0v) is 8.15. The largest absolute Gasteiger partial charge is 0.330 e. The third-order valence-corrected chi connectivity index (χ3v) is 2.06. The van der Waals surface area contributed by atoms with Crippen LogP contribution in [0.15, 0.2) is 18.2 Å². The average molecular weight is 206 g/mol. The third kappa shape index (κ3) is 2.24. The molecule has 1 aromatic carbocycles. The van der Waals surface area contributed by atoms with E-state index in [4.69, 9.17) is 5.73 Å². The van der Waals surface area contributed by atoms with Crippen molar-refractivity contribution in [3.63, 3.8) is 0 Å². The van der Waals surface area contributed by atoms with E-state index in [-0.39, 0.29) is 5.82 Å². The van der Waals surface area contributed by atoms with Crippen LogP contribution in [0.3, 0.4) is 0 Å². The molecule has 15 heavy (non-hydrogen) atoms. The van der Waals surface area contributed by atoms with E-state index in [0.717, 1.165) is 6.42 Å². The van der Waals surface area contributed by atoms with Crippen LogP contribution in [0.2, 0.25) is 0 Å². The number of halogens is 1. The van der Waals surface area contributed by atoms with E-state index < -0.39 is 0 Å². The van der Waals surface area contributed by atoms with E-state index in [2.05, 4.69) is 15.2 Å². The molecule has 0 radical (unpaired) electrons. The van der Waals surface area contributed by atoms with Crippen molar-refractivity contribution in [1.29, 1.82) is 0 Å². The van der Waals surface area contributed by atoms with Gasteiger partial charge < -0.3 is 5.73 Å². The Kier molecular flexibility index (Phi) is 2.82. The maximum Gasteiger partial charge on any atom is 0.151 e. The van der Waals surface area contributed by atoms with Crippen molar-refractivity contribution < 1.29 is 4.39 Å². The minimum atomic E-state index is -0.312. The monoisotopic (exact) mass is 206 g/mol. The van der Waals surface area contributed by atoms with Gasteiger partial charge in [-0.3, -0.25) is 0 Å². The standard InChI is InChI=1S/C10H11FN4/c11-7-3-4-8-9(6-7)13-10(15-14-8)2-1-5-12/h3-4,6H,1-2,5,12H2. The number of fused-ring (bicyclic) bond motifs is 1. The highest BCUT2D eigenvalue weighted by molar-refractivity contribution is 5.73. The van der Waals surface area contributed by atoms with Crippen LogP contribution in [0.5, 0.6) is 0 Å². The molecule has 4 nitrogen and oxygen atoms in total. The van der Waals surface area contributed by atoms with Crippen LogP contribution >= 0.6 is 0 Å². The van der Waals surface area contributed by atoms with Gasteiger partial charge in [-0.05, 0) is 25.1 Å². The first-order valence-corrected chi connectivity index (χ1v) is 4.78. The maximum atomic E-state index is 12.9. The Labute approximate surface area is 86.3 Å². The second kappa shape index (κ2) is 4.27. The van der Waals surface area contributed by atoms with E-state index in [0.29, 0.717) is 29.8 Å². The molecule has 0 unspecified atom stereocenters. The number of rotatable bonds is 3. The molecule has 0 atom stereocenters. The molecule has 0 aliphatic carbocycles. The van der Waals surface area contributed by atoms with E-state index in [9.17, 15) is 4.39 Å². The molecule has 2 rings (SSSR count). The van der Waals surface area contributed by atoms with Crippen LogP contribution in [-0.4, -0.2) is 21.7 Å². The molecule has 0 amide bonds. The van der Waals surface area contributed by atoms with Crippen molar-refractivity contribution in [3.05, 3.63) is 29.8 Å². The summed E-state index contributed by atoms with van der Waals surface area (Å²) in [5.74, 6) is 0.298. The van der Waals surface area contributed by atoms with Gasteiger partial charge in [0.1, 0.15) is 11.3 Å². The van der Waals surface area contributed by atoms with Gasteiger partial charge in [0.25, 0.3) is 0 Å². The predicted octanol–water partition coefficient (Wildman–Crippen LogP) is 1.06. The summed E-state index contributed by atoms with van der Waals surface area (Å²) in [5.41, 5.74) is 6.52. The Balaban J connectivity index is 2.36.